The Balaban J connectivity index is 1.98. The molecule has 0 aliphatic heterocycles. The van der Waals surface area contributed by atoms with Crippen molar-refractivity contribution < 1.29 is 9.18 Å². The number of carbonyl (C=O) groups is 1. The van der Waals surface area contributed by atoms with E-state index in [0.717, 1.165) is 18.4 Å². The predicted octanol–water partition coefficient (Wildman–Crippen LogP) is 3.21. The zero-order valence-electron chi connectivity index (χ0n) is 12.2. The fourth-order valence-corrected chi connectivity index (χ4v) is 2.87. The number of rotatable bonds is 3. The van der Waals surface area contributed by atoms with Crippen molar-refractivity contribution in [1.29, 1.82) is 0 Å². The molecule has 1 fully saturated rings. The molecule has 5 heteroatoms. The summed E-state index contributed by atoms with van der Waals surface area (Å²) >= 11 is 0. The van der Waals surface area contributed by atoms with E-state index < -0.39 is 11.4 Å². The normalized spacial score (nSPS) is 14.1. The monoisotopic (exact) mass is 308 g/mol. The van der Waals surface area contributed by atoms with Gasteiger partial charge in [-0.15, -0.1) is 0 Å². The SMILES string of the molecule is O=Cc1cccnc1-n1ccc2cc(C3CC3)cc(F)c2c1=O. The lowest BCUT2D eigenvalue weighted by Gasteiger charge is -2.10. The summed E-state index contributed by atoms with van der Waals surface area (Å²) in [5.41, 5.74) is 0.715. The quantitative estimate of drug-likeness (QED) is 0.698. The van der Waals surface area contributed by atoms with Crippen LogP contribution in [-0.2, 0) is 0 Å². The van der Waals surface area contributed by atoms with Crippen molar-refractivity contribution in [2.45, 2.75) is 18.8 Å². The first-order valence-corrected chi connectivity index (χ1v) is 7.44. The molecule has 2 heterocycles. The maximum absolute atomic E-state index is 14.5. The van der Waals surface area contributed by atoms with Gasteiger partial charge in [-0.3, -0.25) is 14.2 Å². The number of aromatic nitrogens is 2. The molecule has 0 unspecified atom stereocenters. The number of carbonyl (C=O) groups excluding carboxylic acids is 1. The van der Waals surface area contributed by atoms with E-state index in [0.29, 0.717) is 17.6 Å². The zero-order chi connectivity index (χ0) is 16.0. The largest absolute Gasteiger partial charge is 0.298 e. The van der Waals surface area contributed by atoms with Crippen LogP contribution in [-0.4, -0.2) is 15.8 Å². The van der Waals surface area contributed by atoms with Gasteiger partial charge in [-0.2, -0.15) is 0 Å². The number of fused-ring (bicyclic) bond motifs is 1. The zero-order valence-corrected chi connectivity index (χ0v) is 12.2. The van der Waals surface area contributed by atoms with Crippen LogP contribution in [0.2, 0.25) is 0 Å². The molecule has 0 saturated heterocycles. The highest BCUT2D eigenvalue weighted by atomic mass is 19.1. The third-order valence-corrected chi connectivity index (χ3v) is 4.20. The van der Waals surface area contributed by atoms with Gasteiger partial charge in [-0.05, 0) is 54.0 Å². The molecule has 1 saturated carbocycles. The molecule has 4 rings (SSSR count). The lowest BCUT2D eigenvalue weighted by atomic mass is 10.0. The molecule has 0 N–H and O–H groups in total. The Hall–Kier alpha value is -2.82. The molecule has 1 aromatic carbocycles. The highest BCUT2D eigenvalue weighted by Gasteiger charge is 2.25. The van der Waals surface area contributed by atoms with Gasteiger partial charge in [0.25, 0.3) is 5.56 Å². The van der Waals surface area contributed by atoms with Crippen molar-refractivity contribution in [3.05, 3.63) is 70.0 Å². The lowest BCUT2D eigenvalue weighted by Crippen LogP contribution is -2.21. The first-order valence-electron chi connectivity index (χ1n) is 7.44. The Morgan fingerprint density at radius 2 is 2.09 bits per heavy atom. The predicted molar refractivity (Wildman–Crippen MR) is 84.7 cm³/mol. The van der Waals surface area contributed by atoms with Crippen LogP contribution in [0.15, 0.2) is 47.5 Å². The van der Waals surface area contributed by atoms with Crippen molar-refractivity contribution in [3.8, 4) is 5.82 Å². The van der Waals surface area contributed by atoms with E-state index in [4.69, 9.17) is 0 Å². The molecule has 4 nitrogen and oxygen atoms in total. The molecule has 3 aromatic rings. The number of pyridine rings is 2. The van der Waals surface area contributed by atoms with E-state index in [1.807, 2.05) is 6.07 Å². The van der Waals surface area contributed by atoms with Crippen LogP contribution in [0, 0.1) is 5.82 Å². The minimum Gasteiger partial charge on any atom is -0.298 e. The van der Waals surface area contributed by atoms with Crippen molar-refractivity contribution in [3.63, 3.8) is 0 Å². The molecule has 0 amide bonds. The van der Waals surface area contributed by atoms with E-state index in [1.165, 1.54) is 23.0 Å². The second-order valence-electron chi connectivity index (χ2n) is 5.77. The van der Waals surface area contributed by atoms with Gasteiger partial charge in [0.15, 0.2) is 6.29 Å². The maximum atomic E-state index is 14.5. The number of hydrogen-bond donors (Lipinski definition) is 0. The number of halogens is 1. The molecule has 1 aliphatic carbocycles. The van der Waals surface area contributed by atoms with Crippen LogP contribution in [0.4, 0.5) is 4.39 Å². The van der Waals surface area contributed by atoms with Gasteiger partial charge in [0.05, 0.1) is 10.9 Å². The van der Waals surface area contributed by atoms with E-state index in [-0.39, 0.29) is 16.8 Å². The standard InChI is InChI=1S/C18H13FN2O2/c19-15-9-14(11-3-4-11)8-12-5-7-21(18(23)16(12)15)17-13(10-22)2-1-6-20-17/h1-2,5-11H,3-4H2. The highest BCUT2D eigenvalue weighted by Crippen LogP contribution is 2.41. The second kappa shape index (κ2) is 5.12. The maximum Gasteiger partial charge on any atom is 0.267 e. The average molecular weight is 308 g/mol. The molecule has 0 spiro atoms. The van der Waals surface area contributed by atoms with Gasteiger partial charge in [0, 0.05) is 12.4 Å². The van der Waals surface area contributed by atoms with Crippen molar-refractivity contribution >= 4 is 17.1 Å². The number of hydrogen-bond acceptors (Lipinski definition) is 3. The number of nitrogens with zero attached hydrogens (tertiary/aromatic N) is 2. The molecule has 0 radical (unpaired) electrons. The van der Waals surface area contributed by atoms with Gasteiger partial charge >= 0.3 is 0 Å². The van der Waals surface area contributed by atoms with Crippen LogP contribution >= 0.6 is 0 Å². The number of aldehydes is 1. The van der Waals surface area contributed by atoms with Crippen molar-refractivity contribution in [1.82, 2.24) is 9.55 Å². The summed E-state index contributed by atoms with van der Waals surface area (Å²) in [6.07, 6.45) is 5.80. The van der Waals surface area contributed by atoms with Crippen LogP contribution in [0.1, 0.15) is 34.7 Å². The summed E-state index contributed by atoms with van der Waals surface area (Å²) in [7, 11) is 0. The van der Waals surface area contributed by atoms with Gasteiger partial charge in [-0.25, -0.2) is 9.37 Å². The van der Waals surface area contributed by atoms with Crippen LogP contribution in [0.3, 0.4) is 0 Å². The summed E-state index contributed by atoms with van der Waals surface area (Å²) in [6.45, 7) is 0. The number of benzene rings is 1. The molecular weight excluding hydrogens is 295 g/mol. The molecule has 114 valence electrons. The van der Waals surface area contributed by atoms with Crippen LogP contribution in [0.5, 0.6) is 0 Å². The summed E-state index contributed by atoms with van der Waals surface area (Å²) in [5.74, 6) is 0.0983. The third-order valence-electron chi connectivity index (χ3n) is 4.20. The Morgan fingerprint density at radius 3 is 2.83 bits per heavy atom. The fraction of sp³-hybridized carbons (Fsp3) is 0.167. The molecular formula is C18H13FN2O2. The molecule has 1 aliphatic rings. The minimum atomic E-state index is -0.521. The van der Waals surface area contributed by atoms with Gasteiger partial charge in [-0.1, -0.05) is 6.07 Å². The second-order valence-corrected chi connectivity index (χ2v) is 5.77. The summed E-state index contributed by atoms with van der Waals surface area (Å²) in [4.78, 5) is 27.9. The third kappa shape index (κ3) is 2.25. The average Bonchev–Trinajstić information content (AvgIpc) is 3.39. The van der Waals surface area contributed by atoms with E-state index in [1.54, 1.807) is 18.2 Å². The lowest BCUT2D eigenvalue weighted by molar-refractivity contribution is 0.112. The van der Waals surface area contributed by atoms with E-state index in [9.17, 15) is 14.0 Å². The fourth-order valence-electron chi connectivity index (χ4n) is 2.87. The van der Waals surface area contributed by atoms with E-state index >= 15 is 0 Å². The van der Waals surface area contributed by atoms with Crippen LogP contribution in [0.25, 0.3) is 16.6 Å². The van der Waals surface area contributed by atoms with Crippen LogP contribution < -0.4 is 5.56 Å². The Morgan fingerprint density at radius 1 is 1.26 bits per heavy atom. The summed E-state index contributed by atoms with van der Waals surface area (Å²) in [6, 6.07) is 8.20. The highest BCUT2D eigenvalue weighted by molar-refractivity contribution is 5.84. The molecule has 23 heavy (non-hydrogen) atoms. The summed E-state index contributed by atoms with van der Waals surface area (Å²) in [5, 5.41) is 0.608. The minimum absolute atomic E-state index is 0.0272. The molecule has 2 aromatic heterocycles. The first kappa shape index (κ1) is 13.8. The Labute approximate surface area is 131 Å². The molecule has 0 atom stereocenters. The van der Waals surface area contributed by atoms with Crippen molar-refractivity contribution in [2.75, 3.05) is 0 Å². The molecule has 0 bridgehead atoms. The van der Waals surface area contributed by atoms with Gasteiger partial charge in [0.1, 0.15) is 11.6 Å². The van der Waals surface area contributed by atoms with E-state index in [2.05, 4.69) is 4.98 Å². The van der Waals surface area contributed by atoms with Crippen molar-refractivity contribution in [2.24, 2.45) is 0 Å². The Kier molecular flexibility index (Phi) is 3.08. The smallest absolute Gasteiger partial charge is 0.267 e. The topological polar surface area (TPSA) is 52.0 Å². The van der Waals surface area contributed by atoms with Gasteiger partial charge in [0.2, 0.25) is 0 Å². The Bertz CT molecular complexity index is 990. The van der Waals surface area contributed by atoms with Gasteiger partial charge < -0.3 is 0 Å². The first-order chi connectivity index (χ1) is 11.2. The summed E-state index contributed by atoms with van der Waals surface area (Å²) < 4.78 is 15.7.